The van der Waals surface area contributed by atoms with E-state index >= 15 is 0 Å². The van der Waals surface area contributed by atoms with Crippen molar-refractivity contribution < 1.29 is 18.7 Å². The number of esters is 1. The van der Waals surface area contributed by atoms with E-state index in [-0.39, 0.29) is 11.3 Å². The molecule has 0 radical (unpaired) electrons. The molecule has 0 saturated carbocycles. The van der Waals surface area contributed by atoms with Gasteiger partial charge in [0.2, 0.25) is 0 Å². The molecule has 0 aliphatic rings. The number of hydrogen-bond donors (Lipinski definition) is 2. The van der Waals surface area contributed by atoms with Gasteiger partial charge in [-0.25, -0.2) is 9.18 Å². The van der Waals surface area contributed by atoms with Crippen LogP contribution in [0.5, 0.6) is 0 Å². The van der Waals surface area contributed by atoms with Crippen molar-refractivity contribution in [3.63, 3.8) is 0 Å². The minimum Gasteiger partial charge on any atom is -0.449 e. The van der Waals surface area contributed by atoms with Gasteiger partial charge in [-0.05, 0) is 43.3 Å². The van der Waals surface area contributed by atoms with E-state index in [1.807, 2.05) is 0 Å². The number of para-hydroxylation sites is 1. The highest BCUT2D eigenvalue weighted by molar-refractivity contribution is 5.97. The summed E-state index contributed by atoms with van der Waals surface area (Å²) in [4.78, 5) is 23.8. The summed E-state index contributed by atoms with van der Waals surface area (Å²) in [6, 6.07) is 11.8. The van der Waals surface area contributed by atoms with Crippen LogP contribution >= 0.6 is 0 Å². The Morgan fingerprint density at radius 1 is 1.14 bits per heavy atom. The first-order valence-corrected chi connectivity index (χ1v) is 6.59. The van der Waals surface area contributed by atoms with Crippen LogP contribution in [0.25, 0.3) is 0 Å². The zero-order chi connectivity index (χ0) is 16.1. The summed E-state index contributed by atoms with van der Waals surface area (Å²) in [5.41, 5.74) is 6.35. The molecule has 0 fully saturated rings. The number of rotatable bonds is 4. The molecular formula is C16H15FN2O3. The van der Waals surface area contributed by atoms with Gasteiger partial charge in [-0.15, -0.1) is 0 Å². The highest BCUT2D eigenvalue weighted by Gasteiger charge is 2.19. The summed E-state index contributed by atoms with van der Waals surface area (Å²) in [6.45, 7) is 1.41. The molecule has 2 aromatic carbocycles. The Balaban J connectivity index is 1.98. The number of nitrogen functional groups attached to an aromatic ring is 1. The average molecular weight is 302 g/mol. The number of carbonyl (C=O) groups is 2. The van der Waals surface area contributed by atoms with Crippen LogP contribution in [-0.2, 0) is 9.53 Å². The Morgan fingerprint density at radius 2 is 1.77 bits per heavy atom. The van der Waals surface area contributed by atoms with E-state index in [0.29, 0.717) is 5.69 Å². The van der Waals surface area contributed by atoms with Gasteiger partial charge in [0.15, 0.2) is 6.10 Å². The maximum absolute atomic E-state index is 13.4. The topological polar surface area (TPSA) is 81.4 Å². The lowest BCUT2D eigenvalue weighted by molar-refractivity contribution is -0.123. The monoisotopic (exact) mass is 302 g/mol. The van der Waals surface area contributed by atoms with E-state index in [1.165, 1.54) is 37.3 Å². The third kappa shape index (κ3) is 3.82. The summed E-state index contributed by atoms with van der Waals surface area (Å²) in [5, 5.41) is 2.36. The number of halogens is 1. The highest BCUT2D eigenvalue weighted by Crippen LogP contribution is 2.14. The second kappa shape index (κ2) is 6.71. The molecule has 0 spiro atoms. The molecule has 6 heteroatoms. The summed E-state index contributed by atoms with van der Waals surface area (Å²) < 4.78 is 18.5. The Bertz CT molecular complexity index is 686. The van der Waals surface area contributed by atoms with Crippen molar-refractivity contribution in [2.24, 2.45) is 0 Å². The quantitative estimate of drug-likeness (QED) is 0.672. The van der Waals surface area contributed by atoms with Crippen LogP contribution in [-0.4, -0.2) is 18.0 Å². The molecule has 1 amide bonds. The van der Waals surface area contributed by atoms with Crippen molar-refractivity contribution >= 4 is 23.3 Å². The van der Waals surface area contributed by atoms with Crippen LogP contribution in [0, 0.1) is 5.82 Å². The third-order valence-electron chi connectivity index (χ3n) is 2.93. The molecule has 0 aliphatic carbocycles. The van der Waals surface area contributed by atoms with Crippen molar-refractivity contribution in [1.29, 1.82) is 0 Å². The Kier molecular flexibility index (Phi) is 4.73. The Morgan fingerprint density at radius 3 is 2.41 bits per heavy atom. The number of nitrogens with two attached hydrogens (primary N) is 1. The smallest absolute Gasteiger partial charge is 0.338 e. The number of anilines is 2. The number of amides is 1. The van der Waals surface area contributed by atoms with Crippen molar-refractivity contribution in [2.45, 2.75) is 13.0 Å². The van der Waals surface area contributed by atoms with E-state index in [1.54, 1.807) is 18.2 Å². The van der Waals surface area contributed by atoms with Crippen LogP contribution in [0.4, 0.5) is 15.8 Å². The zero-order valence-electron chi connectivity index (χ0n) is 11.9. The first-order chi connectivity index (χ1) is 10.5. The fourth-order valence-corrected chi connectivity index (χ4v) is 1.70. The summed E-state index contributed by atoms with van der Waals surface area (Å²) in [5.74, 6) is -1.84. The van der Waals surface area contributed by atoms with Gasteiger partial charge in [-0.2, -0.15) is 0 Å². The normalized spacial score (nSPS) is 11.5. The van der Waals surface area contributed by atoms with Gasteiger partial charge < -0.3 is 15.8 Å². The number of nitrogens with one attached hydrogen (secondary N) is 1. The fraction of sp³-hybridized carbons (Fsp3) is 0.125. The maximum Gasteiger partial charge on any atom is 0.338 e. The molecule has 0 unspecified atom stereocenters. The largest absolute Gasteiger partial charge is 0.449 e. The molecule has 0 bridgehead atoms. The Hall–Kier alpha value is -2.89. The molecule has 0 heterocycles. The van der Waals surface area contributed by atoms with Gasteiger partial charge in [-0.3, -0.25) is 4.79 Å². The van der Waals surface area contributed by atoms with E-state index < -0.39 is 23.8 Å². The predicted molar refractivity (Wildman–Crippen MR) is 80.8 cm³/mol. The van der Waals surface area contributed by atoms with Crippen LogP contribution in [0.15, 0.2) is 48.5 Å². The van der Waals surface area contributed by atoms with E-state index in [4.69, 9.17) is 10.5 Å². The molecule has 5 nitrogen and oxygen atoms in total. The molecule has 3 N–H and O–H groups in total. The van der Waals surface area contributed by atoms with Gasteiger partial charge >= 0.3 is 5.97 Å². The average Bonchev–Trinajstić information content (AvgIpc) is 2.50. The fourth-order valence-electron chi connectivity index (χ4n) is 1.70. The van der Waals surface area contributed by atoms with Crippen LogP contribution in [0.2, 0.25) is 0 Å². The van der Waals surface area contributed by atoms with Gasteiger partial charge in [0.05, 0.1) is 11.3 Å². The molecular weight excluding hydrogens is 287 g/mol. The van der Waals surface area contributed by atoms with Crippen LogP contribution in [0.3, 0.4) is 0 Å². The molecule has 22 heavy (non-hydrogen) atoms. The maximum atomic E-state index is 13.4. The number of ether oxygens (including phenoxy) is 1. The van der Waals surface area contributed by atoms with Gasteiger partial charge in [0.1, 0.15) is 5.82 Å². The lowest BCUT2D eigenvalue weighted by Crippen LogP contribution is -2.30. The second-order valence-corrected chi connectivity index (χ2v) is 4.64. The molecule has 2 rings (SSSR count). The lowest BCUT2D eigenvalue weighted by atomic mass is 10.2. The molecule has 0 aliphatic heterocycles. The second-order valence-electron chi connectivity index (χ2n) is 4.64. The molecule has 1 atom stereocenters. The van der Waals surface area contributed by atoms with Crippen LogP contribution < -0.4 is 11.1 Å². The van der Waals surface area contributed by atoms with Gasteiger partial charge in [-0.1, -0.05) is 12.1 Å². The first-order valence-electron chi connectivity index (χ1n) is 6.59. The SMILES string of the molecule is C[C@@H](OC(=O)c1ccc(N)cc1)C(=O)Nc1ccccc1F. The highest BCUT2D eigenvalue weighted by atomic mass is 19.1. The first kappa shape index (κ1) is 15.5. The summed E-state index contributed by atoms with van der Waals surface area (Å²) in [7, 11) is 0. The van der Waals surface area contributed by atoms with E-state index in [9.17, 15) is 14.0 Å². The Labute approximate surface area is 126 Å². The predicted octanol–water partition coefficient (Wildman–Crippen LogP) is 2.59. The minimum atomic E-state index is -1.07. The van der Waals surface area contributed by atoms with Crippen molar-refractivity contribution in [1.82, 2.24) is 0 Å². The lowest BCUT2D eigenvalue weighted by Gasteiger charge is -2.14. The standard InChI is InChI=1S/C16H15FN2O3/c1-10(15(20)19-14-5-3-2-4-13(14)17)22-16(21)11-6-8-12(18)9-7-11/h2-10H,18H2,1H3,(H,19,20)/t10-/m1/s1. The number of hydrogen-bond acceptors (Lipinski definition) is 4. The van der Waals surface area contributed by atoms with E-state index in [2.05, 4.69) is 5.32 Å². The minimum absolute atomic E-state index is 0.0304. The van der Waals surface area contributed by atoms with E-state index in [0.717, 1.165) is 0 Å². The van der Waals surface area contributed by atoms with Crippen molar-refractivity contribution in [3.05, 3.63) is 59.9 Å². The molecule has 114 valence electrons. The molecule has 0 aromatic heterocycles. The van der Waals surface area contributed by atoms with Crippen molar-refractivity contribution in [2.75, 3.05) is 11.1 Å². The number of benzene rings is 2. The zero-order valence-corrected chi connectivity index (χ0v) is 11.9. The van der Waals surface area contributed by atoms with Gasteiger partial charge in [0.25, 0.3) is 5.91 Å². The summed E-state index contributed by atoms with van der Waals surface area (Å²) in [6.07, 6.45) is -1.07. The number of carbonyl (C=O) groups excluding carboxylic acids is 2. The third-order valence-corrected chi connectivity index (χ3v) is 2.93. The van der Waals surface area contributed by atoms with Crippen molar-refractivity contribution in [3.8, 4) is 0 Å². The van der Waals surface area contributed by atoms with Gasteiger partial charge in [0, 0.05) is 5.69 Å². The summed E-state index contributed by atoms with van der Waals surface area (Å²) >= 11 is 0. The molecule has 2 aromatic rings. The molecule has 0 saturated heterocycles. The van der Waals surface area contributed by atoms with Crippen LogP contribution in [0.1, 0.15) is 17.3 Å².